The first kappa shape index (κ1) is 5.04. The summed E-state index contributed by atoms with van der Waals surface area (Å²) in [4.78, 5) is 0. The summed E-state index contributed by atoms with van der Waals surface area (Å²) in [5, 5.41) is 0. The Morgan fingerprint density at radius 2 is 2.11 bits per heavy atom. The Morgan fingerprint density at radius 1 is 1.33 bits per heavy atom. The van der Waals surface area contributed by atoms with Crippen molar-refractivity contribution < 1.29 is 0 Å². The summed E-state index contributed by atoms with van der Waals surface area (Å²) in [6.45, 7) is 2.28. The summed E-state index contributed by atoms with van der Waals surface area (Å²) >= 11 is 0. The minimum absolute atomic E-state index is 0.821. The van der Waals surface area contributed by atoms with Gasteiger partial charge in [-0.25, -0.2) is 0 Å². The molecular formula is C9H10. The monoisotopic (exact) mass is 118 g/mol. The summed E-state index contributed by atoms with van der Waals surface area (Å²) in [6.07, 6.45) is 1.29. The molecule has 1 aliphatic carbocycles. The minimum Gasteiger partial charge on any atom is -0.0620 e. The molecule has 1 aromatic rings. The van der Waals surface area contributed by atoms with Gasteiger partial charge in [0.2, 0.25) is 0 Å². The predicted octanol–water partition coefficient (Wildman–Crippen LogP) is 2.35. The molecule has 0 bridgehead atoms. The van der Waals surface area contributed by atoms with Gasteiger partial charge in [-0.3, -0.25) is 0 Å². The van der Waals surface area contributed by atoms with Crippen molar-refractivity contribution in [1.82, 2.24) is 0 Å². The van der Waals surface area contributed by atoms with Gasteiger partial charge < -0.3 is 0 Å². The molecular weight excluding hydrogens is 108 g/mol. The smallest absolute Gasteiger partial charge is 0.0147 e. The highest BCUT2D eigenvalue weighted by Crippen LogP contribution is 2.33. The second-order valence-corrected chi connectivity index (χ2v) is 2.80. The molecule has 0 aromatic heterocycles. The fraction of sp³-hybridized carbons (Fsp3) is 0.333. The van der Waals surface area contributed by atoms with E-state index in [1.54, 1.807) is 11.1 Å². The number of rotatable bonds is 0. The molecule has 9 heavy (non-hydrogen) atoms. The largest absolute Gasteiger partial charge is 0.0620 e. The van der Waals surface area contributed by atoms with E-state index in [2.05, 4.69) is 31.2 Å². The summed E-state index contributed by atoms with van der Waals surface area (Å²) in [5.41, 5.74) is 3.10. The van der Waals surface area contributed by atoms with Gasteiger partial charge in [-0.1, -0.05) is 31.2 Å². The zero-order valence-electron chi connectivity index (χ0n) is 5.59. The van der Waals surface area contributed by atoms with Gasteiger partial charge in [0.05, 0.1) is 0 Å². The molecule has 0 saturated heterocycles. The van der Waals surface area contributed by atoms with Gasteiger partial charge in [-0.15, -0.1) is 0 Å². The standard InChI is InChI=1S/C9H10/c1-7-6-8-4-2-3-5-9(7)8/h2-5,7H,6H2,1H3. The molecule has 46 valence electrons. The van der Waals surface area contributed by atoms with Gasteiger partial charge in [0.1, 0.15) is 0 Å². The maximum atomic E-state index is 2.28. The van der Waals surface area contributed by atoms with E-state index in [-0.39, 0.29) is 0 Å². The van der Waals surface area contributed by atoms with Crippen LogP contribution in [0.25, 0.3) is 0 Å². The van der Waals surface area contributed by atoms with Crippen LogP contribution >= 0.6 is 0 Å². The van der Waals surface area contributed by atoms with Crippen molar-refractivity contribution in [3.05, 3.63) is 35.4 Å². The molecule has 0 heterocycles. The van der Waals surface area contributed by atoms with Gasteiger partial charge >= 0.3 is 0 Å². The topological polar surface area (TPSA) is 0 Å². The summed E-state index contributed by atoms with van der Waals surface area (Å²) in [5.74, 6) is 0.821. The van der Waals surface area contributed by atoms with Crippen LogP contribution in [0.1, 0.15) is 24.0 Å². The molecule has 0 spiro atoms. The minimum atomic E-state index is 0.821. The van der Waals surface area contributed by atoms with Crippen LogP contribution in [0.15, 0.2) is 24.3 Å². The predicted molar refractivity (Wildman–Crippen MR) is 38.6 cm³/mol. The highest BCUT2D eigenvalue weighted by atomic mass is 14.2. The Hall–Kier alpha value is -0.780. The number of hydrogen-bond donors (Lipinski definition) is 0. The van der Waals surface area contributed by atoms with Crippen LogP contribution in [0.5, 0.6) is 0 Å². The maximum absolute atomic E-state index is 2.28. The molecule has 1 aromatic carbocycles. The summed E-state index contributed by atoms with van der Waals surface area (Å²) in [7, 11) is 0. The van der Waals surface area contributed by atoms with E-state index in [1.807, 2.05) is 0 Å². The quantitative estimate of drug-likeness (QED) is 0.490. The molecule has 1 atom stereocenters. The molecule has 0 aliphatic heterocycles. The molecule has 1 unspecified atom stereocenters. The lowest BCUT2D eigenvalue weighted by Crippen LogP contribution is -2.12. The number of hydrogen-bond acceptors (Lipinski definition) is 0. The van der Waals surface area contributed by atoms with Gasteiger partial charge in [0, 0.05) is 0 Å². The lowest BCUT2D eigenvalue weighted by Gasteiger charge is -2.25. The Morgan fingerprint density at radius 3 is 2.67 bits per heavy atom. The van der Waals surface area contributed by atoms with Crippen molar-refractivity contribution in [2.75, 3.05) is 0 Å². The first-order valence-corrected chi connectivity index (χ1v) is 3.46. The third-order valence-corrected chi connectivity index (χ3v) is 2.11. The van der Waals surface area contributed by atoms with Gasteiger partial charge in [-0.05, 0) is 23.5 Å². The van der Waals surface area contributed by atoms with Crippen molar-refractivity contribution in [1.29, 1.82) is 0 Å². The molecule has 0 N–H and O–H groups in total. The fourth-order valence-corrected chi connectivity index (χ4v) is 1.51. The molecule has 0 heteroatoms. The van der Waals surface area contributed by atoms with E-state index in [4.69, 9.17) is 0 Å². The Bertz CT molecular complexity index is 225. The molecule has 0 amide bonds. The van der Waals surface area contributed by atoms with Crippen LogP contribution in [0.2, 0.25) is 0 Å². The van der Waals surface area contributed by atoms with Crippen molar-refractivity contribution in [3.63, 3.8) is 0 Å². The highest BCUT2D eigenvalue weighted by molar-refractivity contribution is 5.38. The second kappa shape index (κ2) is 1.60. The average molecular weight is 118 g/mol. The van der Waals surface area contributed by atoms with E-state index in [0.29, 0.717) is 0 Å². The normalized spacial score (nSPS) is 22.6. The van der Waals surface area contributed by atoms with Crippen LogP contribution in [0, 0.1) is 0 Å². The van der Waals surface area contributed by atoms with E-state index in [1.165, 1.54) is 6.42 Å². The Balaban J connectivity index is 2.51. The molecule has 0 saturated carbocycles. The van der Waals surface area contributed by atoms with Gasteiger partial charge in [-0.2, -0.15) is 0 Å². The van der Waals surface area contributed by atoms with Crippen LogP contribution in [0.4, 0.5) is 0 Å². The van der Waals surface area contributed by atoms with E-state index >= 15 is 0 Å². The number of benzene rings is 1. The second-order valence-electron chi connectivity index (χ2n) is 2.80. The van der Waals surface area contributed by atoms with Crippen molar-refractivity contribution >= 4 is 0 Å². The van der Waals surface area contributed by atoms with Crippen LogP contribution in [-0.4, -0.2) is 0 Å². The van der Waals surface area contributed by atoms with Crippen LogP contribution < -0.4 is 0 Å². The lowest BCUT2D eigenvalue weighted by atomic mass is 9.79. The third-order valence-electron chi connectivity index (χ3n) is 2.11. The zero-order valence-corrected chi connectivity index (χ0v) is 5.59. The zero-order chi connectivity index (χ0) is 6.27. The van der Waals surface area contributed by atoms with E-state index < -0.39 is 0 Å². The molecule has 0 nitrogen and oxygen atoms in total. The van der Waals surface area contributed by atoms with E-state index in [9.17, 15) is 0 Å². The maximum Gasteiger partial charge on any atom is -0.0147 e. The lowest BCUT2D eigenvalue weighted by molar-refractivity contribution is 0.667. The van der Waals surface area contributed by atoms with Gasteiger partial charge in [0.15, 0.2) is 0 Å². The van der Waals surface area contributed by atoms with Crippen molar-refractivity contribution in [2.24, 2.45) is 0 Å². The van der Waals surface area contributed by atoms with Gasteiger partial charge in [0.25, 0.3) is 0 Å². The van der Waals surface area contributed by atoms with Crippen molar-refractivity contribution in [3.8, 4) is 0 Å². The third kappa shape index (κ3) is 0.593. The molecule has 2 rings (SSSR count). The molecule has 1 aliphatic rings. The first-order chi connectivity index (χ1) is 4.38. The summed E-state index contributed by atoms with van der Waals surface area (Å²) < 4.78 is 0. The van der Waals surface area contributed by atoms with Crippen LogP contribution in [-0.2, 0) is 6.42 Å². The average Bonchev–Trinajstić information content (AvgIpc) is 1.86. The fourth-order valence-electron chi connectivity index (χ4n) is 1.51. The Labute approximate surface area is 55.5 Å². The first-order valence-electron chi connectivity index (χ1n) is 3.46. The highest BCUT2D eigenvalue weighted by Gasteiger charge is 2.19. The SMILES string of the molecule is CC1Cc2ccccc21. The molecule has 0 radical (unpaired) electrons. The summed E-state index contributed by atoms with van der Waals surface area (Å²) in [6, 6.07) is 8.68. The Kier molecular flexibility index (Phi) is 0.895. The van der Waals surface area contributed by atoms with E-state index in [0.717, 1.165) is 5.92 Å². The number of fused-ring (bicyclic) bond motifs is 1. The molecule has 0 fully saturated rings. The van der Waals surface area contributed by atoms with Crippen molar-refractivity contribution in [2.45, 2.75) is 19.3 Å². The van der Waals surface area contributed by atoms with Crippen LogP contribution in [0.3, 0.4) is 0 Å².